The maximum absolute atomic E-state index is 9.64. The second-order valence-corrected chi connectivity index (χ2v) is 4.31. The summed E-state index contributed by atoms with van der Waals surface area (Å²) < 4.78 is 0. The van der Waals surface area contributed by atoms with Crippen molar-refractivity contribution in [3.8, 4) is 0 Å². The fraction of sp³-hybridized carbons (Fsp3) is 0.800. The standard InChI is InChI=1S/C10H18O/c1-7(2)8-5-6-9(11)10(8,3)4/h8-9,11H,1,5-6H2,2-4H3. The van der Waals surface area contributed by atoms with Crippen molar-refractivity contribution in [2.24, 2.45) is 11.3 Å². The highest BCUT2D eigenvalue weighted by molar-refractivity contribution is 5.08. The van der Waals surface area contributed by atoms with Crippen molar-refractivity contribution < 1.29 is 5.11 Å². The third-order valence-electron chi connectivity index (χ3n) is 3.08. The van der Waals surface area contributed by atoms with Crippen LogP contribution in [0.2, 0.25) is 0 Å². The van der Waals surface area contributed by atoms with Crippen LogP contribution >= 0.6 is 0 Å². The Kier molecular flexibility index (Phi) is 2.10. The summed E-state index contributed by atoms with van der Waals surface area (Å²) >= 11 is 0. The van der Waals surface area contributed by atoms with Crippen LogP contribution in [-0.2, 0) is 0 Å². The Balaban J connectivity index is 2.78. The van der Waals surface area contributed by atoms with E-state index in [0.717, 1.165) is 12.8 Å². The summed E-state index contributed by atoms with van der Waals surface area (Å²) in [7, 11) is 0. The molecule has 0 spiro atoms. The van der Waals surface area contributed by atoms with E-state index in [-0.39, 0.29) is 11.5 Å². The molecule has 0 amide bonds. The smallest absolute Gasteiger partial charge is 0.0597 e. The van der Waals surface area contributed by atoms with E-state index < -0.39 is 0 Å². The van der Waals surface area contributed by atoms with Gasteiger partial charge in [-0.15, -0.1) is 0 Å². The average molecular weight is 154 g/mol. The minimum atomic E-state index is -0.135. The van der Waals surface area contributed by atoms with E-state index in [1.54, 1.807) is 0 Å². The van der Waals surface area contributed by atoms with Gasteiger partial charge in [0.1, 0.15) is 0 Å². The summed E-state index contributed by atoms with van der Waals surface area (Å²) in [6, 6.07) is 0. The Morgan fingerprint density at radius 2 is 2.00 bits per heavy atom. The lowest BCUT2D eigenvalue weighted by atomic mass is 9.77. The molecule has 1 heteroatoms. The monoisotopic (exact) mass is 154 g/mol. The summed E-state index contributed by atoms with van der Waals surface area (Å²) in [5.41, 5.74) is 1.26. The van der Waals surface area contributed by atoms with Crippen LogP contribution in [0.4, 0.5) is 0 Å². The SMILES string of the molecule is C=C(C)C1CCC(O)C1(C)C. The van der Waals surface area contributed by atoms with E-state index in [2.05, 4.69) is 27.4 Å². The van der Waals surface area contributed by atoms with Crippen molar-refractivity contribution in [2.75, 3.05) is 0 Å². The lowest BCUT2D eigenvalue weighted by molar-refractivity contribution is 0.0627. The fourth-order valence-corrected chi connectivity index (χ4v) is 2.18. The number of hydrogen-bond acceptors (Lipinski definition) is 1. The van der Waals surface area contributed by atoms with Crippen LogP contribution < -0.4 is 0 Å². The number of aliphatic hydroxyl groups is 1. The Morgan fingerprint density at radius 1 is 1.45 bits per heavy atom. The molecule has 0 bridgehead atoms. The Bertz CT molecular complexity index is 170. The van der Waals surface area contributed by atoms with Gasteiger partial charge in [-0.05, 0) is 31.1 Å². The van der Waals surface area contributed by atoms with Gasteiger partial charge in [0.05, 0.1) is 6.10 Å². The molecule has 0 aromatic rings. The molecule has 11 heavy (non-hydrogen) atoms. The molecule has 0 aromatic carbocycles. The quantitative estimate of drug-likeness (QED) is 0.575. The third kappa shape index (κ3) is 1.34. The van der Waals surface area contributed by atoms with Crippen molar-refractivity contribution in [2.45, 2.75) is 39.7 Å². The lowest BCUT2D eigenvalue weighted by Gasteiger charge is -2.30. The van der Waals surface area contributed by atoms with Crippen molar-refractivity contribution in [1.82, 2.24) is 0 Å². The molecule has 2 unspecified atom stereocenters. The van der Waals surface area contributed by atoms with Gasteiger partial charge in [-0.3, -0.25) is 0 Å². The van der Waals surface area contributed by atoms with Gasteiger partial charge >= 0.3 is 0 Å². The van der Waals surface area contributed by atoms with Crippen LogP contribution in [0.15, 0.2) is 12.2 Å². The number of rotatable bonds is 1. The predicted molar refractivity (Wildman–Crippen MR) is 47.3 cm³/mol. The molecule has 1 rings (SSSR count). The zero-order valence-electron chi connectivity index (χ0n) is 7.72. The molecule has 1 nitrogen and oxygen atoms in total. The van der Waals surface area contributed by atoms with Crippen molar-refractivity contribution in [3.05, 3.63) is 12.2 Å². The maximum Gasteiger partial charge on any atom is 0.0597 e. The topological polar surface area (TPSA) is 20.2 Å². The zero-order chi connectivity index (χ0) is 8.65. The fourth-order valence-electron chi connectivity index (χ4n) is 2.18. The minimum Gasteiger partial charge on any atom is -0.393 e. The van der Waals surface area contributed by atoms with E-state index in [0.29, 0.717) is 5.92 Å². The highest BCUT2D eigenvalue weighted by atomic mass is 16.3. The van der Waals surface area contributed by atoms with Crippen LogP contribution in [0.5, 0.6) is 0 Å². The van der Waals surface area contributed by atoms with Crippen LogP contribution in [0.25, 0.3) is 0 Å². The number of aliphatic hydroxyl groups excluding tert-OH is 1. The molecule has 0 radical (unpaired) electrons. The van der Waals surface area contributed by atoms with Gasteiger partial charge in [-0.2, -0.15) is 0 Å². The molecule has 0 aliphatic heterocycles. The Labute approximate surface area is 69.1 Å². The highest BCUT2D eigenvalue weighted by Gasteiger charge is 2.42. The molecule has 0 aromatic heterocycles. The van der Waals surface area contributed by atoms with Gasteiger partial charge < -0.3 is 5.11 Å². The molecule has 0 heterocycles. The molecule has 64 valence electrons. The minimum absolute atomic E-state index is 0.0475. The van der Waals surface area contributed by atoms with Gasteiger partial charge in [0.2, 0.25) is 0 Å². The molecule has 2 atom stereocenters. The van der Waals surface area contributed by atoms with Gasteiger partial charge in [-0.25, -0.2) is 0 Å². The third-order valence-corrected chi connectivity index (χ3v) is 3.08. The first-order valence-electron chi connectivity index (χ1n) is 4.29. The Hall–Kier alpha value is -0.300. The molecule has 1 aliphatic rings. The largest absolute Gasteiger partial charge is 0.393 e. The highest BCUT2D eigenvalue weighted by Crippen LogP contribution is 2.45. The van der Waals surface area contributed by atoms with Crippen molar-refractivity contribution in [1.29, 1.82) is 0 Å². The van der Waals surface area contributed by atoms with Gasteiger partial charge in [0.15, 0.2) is 0 Å². The van der Waals surface area contributed by atoms with Gasteiger partial charge in [0.25, 0.3) is 0 Å². The molecular formula is C10H18O. The molecule has 0 saturated heterocycles. The molecule has 1 fully saturated rings. The van der Waals surface area contributed by atoms with E-state index >= 15 is 0 Å². The van der Waals surface area contributed by atoms with E-state index in [1.165, 1.54) is 5.57 Å². The maximum atomic E-state index is 9.64. The van der Waals surface area contributed by atoms with E-state index in [1.807, 2.05) is 0 Å². The summed E-state index contributed by atoms with van der Waals surface area (Å²) in [6.07, 6.45) is 1.90. The molecular weight excluding hydrogens is 136 g/mol. The Morgan fingerprint density at radius 3 is 2.18 bits per heavy atom. The zero-order valence-corrected chi connectivity index (χ0v) is 7.72. The first kappa shape index (κ1) is 8.79. The number of hydrogen-bond donors (Lipinski definition) is 1. The number of allylic oxidation sites excluding steroid dienone is 1. The van der Waals surface area contributed by atoms with Gasteiger partial charge in [-0.1, -0.05) is 26.0 Å². The molecule has 1 saturated carbocycles. The second-order valence-electron chi connectivity index (χ2n) is 4.31. The summed E-state index contributed by atoms with van der Waals surface area (Å²) in [5.74, 6) is 0.512. The molecule has 1 aliphatic carbocycles. The van der Waals surface area contributed by atoms with Crippen molar-refractivity contribution >= 4 is 0 Å². The van der Waals surface area contributed by atoms with Crippen LogP contribution in [0, 0.1) is 11.3 Å². The average Bonchev–Trinajstić information content (AvgIpc) is 2.08. The summed E-state index contributed by atoms with van der Waals surface area (Å²) in [4.78, 5) is 0. The van der Waals surface area contributed by atoms with E-state index in [4.69, 9.17) is 0 Å². The predicted octanol–water partition coefficient (Wildman–Crippen LogP) is 2.36. The summed E-state index contributed by atoms with van der Waals surface area (Å²) in [6.45, 7) is 10.3. The first-order chi connectivity index (χ1) is 4.96. The van der Waals surface area contributed by atoms with Crippen LogP contribution in [0.3, 0.4) is 0 Å². The molecule has 1 N–H and O–H groups in total. The van der Waals surface area contributed by atoms with Crippen LogP contribution in [0.1, 0.15) is 33.6 Å². The normalized spacial score (nSPS) is 35.6. The van der Waals surface area contributed by atoms with Crippen LogP contribution in [-0.4, -0.2) is 11.2 Å². The lowest BCUT2D eigenvalue weighted by Crippen LogP contribution is -2.29. The summed E-state index contributed by atoms with van der Waals surface area (Å²) in [5, 5.41) is 9.64. The van der Waals surface area contributed by atoms with E-state index in [9.17, 15) is 5.11 Å². The second kappa shape index (κ2) is 2.63. The van der Waals surface area contributed by atoms with Gasteiger partial charge in [0, 0.05) is 0 Å². The first-order valence-corrected chi connectivity index (χ1v) is 4.29. The van der Waals surface area contributed by atoms with Crippen molar-refractivity contribution in [3.63, 3.8) is 0 Å².